The van der Waals surface area contributed by atoms with E-state index in [1.54, 1.807) is 0 Å². The van der Waals surface area contributed by atoms with Gasteiger partial charge in [-0.05, 0) is 0 Å². The van der Waals surface area contributed by atoms with E-state index in [2.05, 4.69) is 5.32 Å². The zero-order valence-corrected chi connectivity index (χ0v) is 14.0. The molecule has 12 heteroatoms. The molecule has 2 heterocycles. The Morgan fingerprint density at radius 2 is 1.50 bits per heavy atom. The van der Waals surface area contributed by atoms with Crippen LogP contribution in [0.2, 0.25) is 0 Å². The third kappa shape index (κ3) is 4.31. The fourth-order valence-electron chi connectivity index (χ4n) is 2.97. The van der Waals surface area contributed by atoms with Gasteiger partial charge in [0.25, 0.3) is 0 Å². The smallest absolute Gasteiger partial charge is 0.217 e. The first-order valence-electron chi connectivity index (χ1n) is 8.06. The zero-order chi connectivity index (χ0) is 19.6. The molecular formula is C14H25NO11. The van der Waals surface area contributed by atoms with Crippen molar-refractivity contribution in [2.75, 3.05) is 13.2 Å². The van der Waals surface area contributed by atoms with Crippen molar-refractivity contribution in [2.24, 2.45) is 0 Å². The Morgan fingerprint density at radius 1 is 0.923 bits per heavy atom. The lowest BCUT2D eigenvalue weighted by atomic mass is 9.95. The van der Waals surface area contributed by atoms with Gasteiger partial charge in [-0.15, -0.1) is 0 Å². The van der Waals surface area contributed by atoms with Crippen molar-refractivity contribution in [3.05, 3.63) is 0 Å². The Labute approximate surface area is 148 Å². The Hall–Kier alpha value is -0.930. The molecule has 0 bridgehead atoms. The van der Waals surface area contributed by atoms with Crippen LogP contribution in [-0.4, -0.2) is 116 Å². The molecule has 0 aromatic rings. The Kier molecular flexibility index (Phi) is 7.27. The summed E-state index contributed by atoms with van der Waals surface area (Å²) in [6.07, 6.45) is -13.7. The molecule has 0 radical (unpaired) electrons. The first kappa shape index (κ1) is 21.4. The third-order valence-corrected chi connectivity index (χ3v) is 4.38. The Balaban J connectivity index is 2.21. The van der Waals surface area contributed by atoms with Gasteiger partial charge in [0.2, 0.25) is 5.91 Å². The quantitative estimate of drug-likeness (QED) is 0.226. The van der Waals surface area contributed by atoms with Crippen LogP contribution in [0.4, 0.5) is 0 Å². The first-order chi connectivity index (χ1) is 12.2. The van der Waals surface area contributed by atoms with Crippen LogP contribution in [-0.2, 0) is 19.0 Å². The minimum atomic E-state index is -1.74. The second-order valence-electron chi connectivity index (χ2n) is 6.26. The molecular weight excluding hydrogens is 358 g/mol. The number of hydrogen-bond acceptors (Lipinski definition) is 11. The lowest BCUT2D eigenvalue weighted by molar-refractivity contribution is -0.341. The molecule has 2 aliphatic heterocycles. The maximum Gasteiger partial charge on any atom is 0.217 e. The van der Waals surface area contributed by atoms with Crippen molar-refractivity contribution in [3.8, 4) is 0 Å². The number of rotatable bonds is 5. The lowest BCUT2D eigenvalue weighted by Gasteiger charge is -2.46. The largest absolute Gasteiger partial charge is 0.394 e. The van der Waals surface area contributed by atoms with Crippen LogP contribution in [0.1, 0.15) is 6.92 Å². The summed E-state index contributed by atoms with van der Waals surface area (Å²) in [7, 11) is 0. The third-order valence-electron chi connectivity index (χ3n) is 4.38. The Bertz CT molecular complexity index is 478. The van der Waals surface area contributed by atoms with Gasteiger partial charge in [0.1, 0.15) is 48.8 Å². The van der Waals surface area contributed by atoms with E-state index in [0.29, 0.717) is 0 Å². The standard InChI is InChI=1S/C14H25NO11/c1-4(18)15-7-12(9(20)6(3-17)24-13(7)23)26-14-11(22)10(21)8(19)5(2-16)25-14/h5-14,16-17,19-23H,2-3H2,1H3,(H,15,18)/t5-,6-,7-,8+,9+,10+,11-,12-,13-,14-/m1/s1. The highest BCUT2D eigenvalue weighted by Gasteiger charge is 2.50. The maximum absolute atomic E-state index is 11.4. The molecule has 0 spiro atoms. The van der Waals surface area contributed by atoms with Gasteiger partial charge in [-0.2, -0.15) is 0 Å². The summed E-state index contributed by atoms with van der Waals surface area (Å²) >= 11 is 0. The number of carbonyl (C=O) groups is 1. The van der Waals surface area contributed by atoms with E-state index < -0.39 is 80.5 Å². The summed E-state index contributed by atoms with van der Waals surface area (Å²) in [4.78, 5) is 11.4. The first-order valence-corrected chi connectivity index (χ1v) is 8.06. The van der Waals surface area contributed by atoms with E-state index in [4.69, 9.17) is 14.2 Å². The van der Waals surface area contributed by atoms with Crippen molar-refractivity contribution < 1.29 is 54.8 Å². The fraction of sp³-hybridized carbons (Fsp3) is 0.929. The van der Waals surface area contributed by atoms with Crippen molar-refractivity contribution >= 4 is 5.91 Å². The molecule has 0 unspecified atom stereocenters. The molecule has 0 aromatic carbocycles. The minimum Gasteiger partial charge on any atom is -0.394 e. The fourth-order valence-corrected chi connectivity index (χ4v) is 2.97. The van der Waals surface area contributed by atoms with Gasteiger partial charge in [-0.1, -0.05) is 0 Å². The van der Waals surface area contributed by atoms with E-state index in [9.17, 15) is 40.5 Å². The van der Waals surface area contributed by atoms with Crippen molar-refractivity contribution in [1.82, 2.24) is 5.32 Å². The van der Waals surface area contributed by atoms with Crippen LogP contribution >= 0.6 is 0 Å². The normalized spacial score (nSPS) is 46.8. The molecule has 0 aromatic heterocycles. The minimum absolute atomic E-state index is 0.574. The molecule has 2 saturated heterocycles. The second kappa shape index (κ2) is 8.84. The van der Waals surface area contributed by atoms with Gasteiger partial charge < -0.3 is 55.3 Å². The van der Waals surface area contributed by atoms with Gasteiger partial charge in [0, 0.05) is 6.92 Å². The summed E-state index contributed by atoms with van der Waals surface area (Å²) in [5, 5.41) is 70.7. The molecule has 26 heavy (non-hydrogen) atoms. The lowest BCUT2D eigenvalue weighted by Crippen LogP contribution is -2.67. The maximum atomic E-state index is 11.4. The summed E-state index contributed by atoms with van der Waals surface area (Å²) in [6.45, 7) is -0.195. The van der Waals surface area contributed by atoms with Crippen LogP contribution in [0, 0.1) is 0 Å². The van der Waals surface area contributed by atoms with E-state index in [0.717, 1.165) is 6.92 Å². The Morgan fingerprint density at radius 3 is 2.04 bits per heavy atom. The van der Waals surface area contributed by atoms with Crippen molar-refractivity contribution in [2.45, 2.75) is 68.3 Å². The second-order valence-corrected chi connectivity index (χ2v) is 6.26. The number of aliphatic hydroxyl groups is 7. The van der Waals surface area contributed by atoms with Crippen LogP contribution in [0.15, 0.2) is 0 Å². The average Bonchev–Trinajstić information content (AvgIpc) is 2.60. The summed E-state index contributed by atoms with van der Waals surface area (Å²) < 4.78 is 15.7. The molecule has 12 nitrogen and oxygen atoms in total. The zero-order valence-electron chi connectivity index (χ0n) is 14.0. The molecule has 2 fully saturated rings. The predicted molar refractivity (Wildman–Crippen MR) is 80.2 cm³/mol. The molecule has 10 atom stereocenters. The van der Waals surface area contributed by atoms with Crippen molar-refractivity contribution in [1.29, 1.82) is 0 Å². The molecule has 0 aliphatic carbocycles. The van der Waals surface area contributed by atoms with E-state index >= 15 is 0 Å². The molecule has 8 N–H and O–H groups in total. The average molecular weight is 383 g/mol. The SMILES string of the molecule is CC(=O)N[C@@H]1[C@@H](O[C@H]2O[C@H](CO)[C@H](O)[C@H](O)[C@H]2O)[C@@H](O)[C@@H](CO)O[C@H]1O. The molecule has 2 rings (SSSR count). The molecule has 0 saturated carbocycles. The van der Waals surface area contributed by atoms with Gasteiger partial charge in [-0.3, -0.25) is 4.79 Å². The van der Waals surface area contributed by atoms with E-state index in [1.165, 1.54) is 0 Å². The van der Waals surface area contributed by atoms with Gasteiger partial charge in [-0.25, -0.2) is 0 Å². The topological polar surface area (TPSA) is 198 Å². The number of nitrogens with one attached hydrogen (secondary N) is 1. The van der Waals surface area contributed by atoms with Crippen LogP contribution in [0.3, 0.4) is 0 Å². The van der Waals surface area contributed by atoms with Gasteiger partial charge in [0.05, 0.1) is 13.2 Å². The van der Waals surface area contributed by atoms with Crippen LogP contribution in [0.5, 0.6) is 0 Å². The van der Waals surface area contributed by atoms with Gasteiger partial charge >= 0.3 is 0 Å². The van der Waals surface area contributed by atoms with Crippen molar-refractivity contribution in [3.63, 3.8) is 0 Å². The number of amides is 1. The summed E-state index contributed by atoms with van der Waals surface area (Å²) in [6, 6.07) is -1.28. The highest BCUT2D eigenvalue weighted by atomic mass is 16.7. The van der Waals surface area contributed by atoms with Crippen LogP contribution in [0.25, 0.3) is 0 Å². The van der Waals surface area contributed by atoms with E-state index in [1.807, 2.05) is 0 Å². The molecule has 1 amide bonds. The van der Waals surface area contributed by atoms with Crippen LogP contribution < -0.4 is 5.32 Å². The molecule has 2 aliphatic rings. The number of aliphatic hydroxyl groups excluding tert-OH is 7. The number of ether oxygens (including phenoxy) is 3. The summed E-state index contributed by atoms with van der Waals surface area (Å²) in [5.41, 5.74) is 0. The predicted octanol–water partition coefficient (Wildman–Crippen LogP) is -5.25. The summed E-state index contributed by atoms with van der Waals surface area (Å²) in [5.74, 6) is -0.574. The van der Waals surface area contributed by atoms with E-state index in [-0.39, 0.29) is 0 Å². The number of carbonyl (C=O) groups excluding carboxylic acids is 1. The monoisotopic (exact) mass is 383 g/mol. The highest BCUT2D eigenvalue weighted by molar-refractivity contribution is 5.73. The highest BCUT2D eigenvalue weighted by Crippen LogP contribution is 2.28. The molecule has 152 valence electrons. The number of hydrogen-bond donors (Lipinski definition) is 8. The van der Waals surface area contributed by atoms with Gasteiger partial charge in [0.15, 0.2) is 12.6 Å².